The zero-order chi connectivity index (χ0) is 20.6. The lowest BCUT2D eigenvalue weighted by Gasteiger charge is -2.28. The predicted octanol–water partition coefficient (Wildman–Crippen LogP) is 3.44. The highest BCUT2D eigenvalue weighted by Crippen LogP contribution is 2.22. The number of benzene rings is 2. The second-order valence-electron chi connectivity index (χ2n) is 7.42. The van der Waals surface area contributed by atoms with Crippen molar-refractivity contribution in [3.8, 4) is 0 Å². The molecule has 2 aromatic rings. The van der Waals surface area contributed by atoms with Crippen LogP contribution >= 0.6 is 0 Å². The zero-order valence-corrected chi connectivity index (χ0v) is 17.2. The molecule has 0 saturated heterocycles. The number of aryl methyl sites for hydroxylation is 1. The molecule has 0 spiro atoms. The summed E-state index contributed by atoms with van der Waals surface area (Å²) in [7, 11) is 1.80. The Kier molecular flexibility index (Phi) is 7.19. The summed E-state index contributed by atoms with van der Waals surface area (Å²) in [6.45, 7) is 3.81. The fourth-order valence-corrected chi connectivity index (χ4v) is 3.58. The van der Waals surface area contributed by atoms with Gasteiger partial charge in [-0.1, -0.05) is 61.5 Å². The molecule has 2 aromatic carbocycles. The van der Waals surface area contributed by atoms with Crippen LogP contribution in [-0.4, -0.2) is 54.8 Å². The van der Waals surface area contributed by atoms with Crippen LogP contribution in [0.25, 0.3) is 5.57 Å². The summed E-state index contributed by atoms with van der Waals surface area (Å²) in [4.78, 5) is 28.6. The lowest BCUT2D eigenvalue weighted by atomic mass is 9.99. The van der Waals surface area contributed by atoms with Gasteiger partial charge in [-0.25, -0.2) is 0 Å². The van der Waals surface area contributed by atoms with Crippen molar-refractivity contribution in [1.29, 1.82) is 0 Å². The van der Waals surface area contributed by atoms with Gasteiger partial charge >= 0.3 is 0 Å². The third-order valence-corrected chi connectivity index (χ3v) is 5.20. The Bertz CT molecular complexity index is 877. The van der Waals surface area contributed by atoms with E-state index in [0.717, 1.165) is 24.1 Å². The molecule has 0 saturated carbocycles. The van der Waals surface area contributed by atoms with E-state index >= 15 is 0 Å². The third-order valence-electron chi connectivity index (χ3n) is 5.20. The standard InChI is InChI=1S/C24H29N3O2/c1-3-19-9-7-8-12-22(19)25-23(28)17-26(2)18-24(29)27-15-13-21(14-16-27)20-10-5-4-6-11-20/h4-13H,3,14-18H2,1-2H3,(H,25,28). The van der Waals surface area contributed by atoms with Gasteiger partial charge in [0.1, 0.15) is 0 Å². The third kappa shape index (κ3) is 5.78. The second-order valence-corrected chi connectivity index (χ2v) is 7.42. The van der Waals surface area contributed by atoms with Crippen LogP contribution in [0.3, 0.4) is 0 Å². The van der Waals surface area contributed by atoms with Gasteiger partial charge < -0.3 is 10.2 Å². The number of para-hydroxylation sites is 1. The Morgan fingerprint density at radius 1 is 1.03 bits per heavy atom. The first-order valence-corrected chi connectivity index (χ1v) is 10.2. The van der Waals surface area contributed by atoms with Crippen LogP contribution in [0.15, 0.2) is 60.7 Å². The largest absolute Gasteiger partial charge is 0.338 e. The van der Waals surface area contributed by atoms with Gasteiger partial charge in [0.15, 0.2) is 0 Å². The van der Waals surface area contributed by atoms with Crippen molar-refractivity contribution in [3.05, 3.63) is 71.8 Å². The minimum Gasteiger partial charge on any atom is -0.338 e. The van der Waals surface area contributed by atoms with Crippen molar-refractivity contribution in [2.75, 3.05) is 38.5 Å². The summed E-state index contributed by atoms with van der Waals surface area (Å²) in [6.07, 6.45) is 3.84. The zero-order valence-electron chi connectivity index (χ0n) is 17.2. The van der Waals surface area contributed by atoms with E-state index in [0.29, 0.717) is 13.1 Å². The molecule has 3 rings (SSSR count). The highest BCUT2D eigenvalue weighted by Gasteiger charge is 2.20. The van der Waals surface area contributed by atoms with Gasteiger partial charge in [-0.15, -0.1) is 0 Å². The SMILES string of the molecule is CCc1ccccc1NC(=O)CN(C)CC(=O)N1CC=C(c2ccccc2)CC1. The van der Waals surface area contributed by atoms with Crippen LogP contribution in [-0.2, 0) is 16.0 Å². The summed E-state index contributed by atoms with van der Waals surface area (Å²) in [6, 6.07) is 18.1. The number of nitrogens with one attached hydrogen (secondary N) is 1. The molecule has 0 unspecified atom stereocenters. The molecule has 0 atom stereocenters. The molecule has 1 heterocycles. The summed E-state index contributed by atoms with van der Waals surface area (Å²) < 4.78 is 0. The first kappa shape index (κ1) is 20.8. The molecule has 1 aliphatic rings. The summed E-state index contributed by atoms with van der Waals surface area (Å²) in [5, 5.41) is 2.95. The first-order valence-electron chi connectivity index (χ1n) is 10.2. The second kappa shape index (κ2) is 10.0. The van der Waals surface area contributed by atoms with Crippen LogP contribution in [0, 0.1) is 0 Å². The minimum atomic E-state index is -0.105. The number of carbonyl (C=O) groups is 2. The smallest absolute Gasteiger partial charge is 0.238 e. The quantitative estimate of drug-likeness (QED) is 0.787. The average molecular weight is 392 g/mol. The minimum absolute atomic E-state index is 0.0534. The average Bonchev–Trinajstić information content (AvgIpc) is 2.74. The Morgan fingerprint density at radius 3 is 2.45 bits per heavy atom. The summed E-state index contributed by atoms with van der Waals surface area (Å²) in [5.74, 6) is -0.0521. The molecular formula is C24H29N3O2. The first-order chi connectivity index (χ1) is 14.1. The van der Waals surface area contributed by atoms with Crippen LogP contribution in [0.2, 0.25) is 0 Å². The predicted molar refractivity (Wildman–Crippen MR) is 118 cm³/mol. The number of amides is 2. The molecule has 152 valence electrons. The lowest BCUT2D eigenvalue weighted by molar-refractivity contribution is -0.132. The molecule has 0 aliphatic carbocycles. The normalized spacial score (nSPS) is 13.9. The van der Waals surface area contributed by atoms with Gasteiger partial charge in [0.2, 0.25) is 11.8 Å². The Morgan fingerprint density at radius 2 is 1.76 bits per heavy atom. The van der Waals surface area contributed by atoms with Gasteiger partial charge in [0.25, 0.3) is 0 Å². The number of carbonyl (C=O) groups excluding carboxylic acids is 2. The maximum Gasteiger partial charge on any atom is 0.238 e. The maximum atomic E-state index is 12.6. The highest BCUT2D eigenvalue weighted by atomic mass is 16.2. The number of hydrogen-bond acceptors (Lipinski definition) is 3. The molecule has 5 nitrogen and oxygen atoms in total. The van der Waals surface area contributed by atoms with Crippen LogP contribution in [0.5, 0.6) is 0 Å². The van der Waals surface area contributed by atoms with Gasteiger partial charge in [-0.05, 0) is 42.7 Å². The van der Waals surface area contributed by atoms with Crippen molar-refractivity contribution in [1.82, 2.24) is 9.80 Å². The molecule has 0 aromatic heterocycles. The van der Waals surface area contributed by atoms with Crippen molar-refractivity contribution in [3.63, 3.8) is 0 Å². The molecule has 0 radical (unpaired) electrons. The molecule has 5 heteroatoms. The molecule has 1 aliphatic heterocycles. The molecular weight excluding hydrogens is 362 g/mol. The number of nitrogens with zero attached hydrogens (tertiary/aromatic N) is 2. The van der Waals surface area contributed by atoms with E-state index in [1.807, 2.05) is 47.4 Å². The van der Waals surface area contributed by atoms with E-state index in [2.05, 4.69) is 30.4 Å². The van der Waals surface area contributed by atoms with Crippen molar-refractivity contribution < 1.29 is 9.59 Å². The van der Waals surface area contributed by atoms with E-state index in [-0.39, 0.29) is 24.9 Å². The molecule has 0 fully saturated rings. The van der Waals surface area contributed by atoms with E-state index in [4.69, 9.17) is 0 Å². The van der Waals surface area contributed by atoms with Crippen molar-refractivity contribution >= 4 is 23.1 Å². The Hall–Kier alpha value is -2.92. The monoisotopic (exact) mass is 391 g/mol. The summed E-state index contributed by atoms with van der Waals surface area (Å²) in [5.41, 5.74) is 4.46. The van der Waals surface area contributed by atoms with Crippen molar-refractivity contribution in [2.24, 2.45) is 0 Å². The molecule has 0 bridgehead atoms. The number of rotatable bonds is 7. The van der Waals surface area contributed by atoms with E-state index in [9.17, 15) is 9.59 Å². The molecule has 29 heavy (non-hydrogen) atoms. The Labute approximate surface area is 173 Å². The van der Waals surface area contributed by atoms with Gasteiger partial charge in [-0.2, -0.15) is 0 Å². The number of anilines is 1. The Balaban J connectivity index is 1.48. The fourth-order valence-electron chi connectivity index (χ4n) is 3.58. The number of hydrogen-bond donors (Lipinski definition) is 1. The van der Waals surface area contributed by atoms with Gasteiger partial charge in [0.05, 0.1) is 13.1 Å². The molecule has 1 N–H and O–H groups in total. The van der Waals surface area contributed by atoms with Crippen LogP contribution in [0.1, 0.15) is 24.5 Å². The van der Waals surface area contributed by atoms with Gasteiger partial charge in [-0.3, -0.25) is 14.5 Å². The fraction of sp³-hybridized carbons (Fsp3) is 0.333. The van der Waals surface area contributed by atoms with Crippen molar-refractivity contribution in [2.45, 2.75) is 19.8 Å². The number of likely N-dealkylation sites (N-methyl/N-ethyl adjacent to an activating group) is 1. The van der Waals surface area contributed by atoms with Crippen LogP contribution < -0.4 is 5.32 Å². The summed E-state index contributed by atoms with van der Waals surface area (Å²) >= 11 is 0. The molecule has 2 amide bonds. The van der Waals surface area contributed by atoms with Gasteiger partial charge in [0, 0.05) is 18.8 Å². The lowest BCUT2D eigenvalue weighted by Crippen LogP contribution is -2.43. The van der Waals surface area contributed by atoms with E-state index < -0.39 is 0 Å². The maximum absolute atomic E-state index is 12.6. The van der Waals surface area contributed by atoms with Crippen LogP contribution in [0.4, 0.5) is 5.69 Å². The highest BCUT2D eigenvalue weighted by molar-refractivity contribution is 5.93. The van der Waals surface area contributed by atoms with E-state index in [1.165, 1.54) is 11.1 Å². The topological polar surface area (TPSA) is 52.7 Å². The van der Waals surface area contributed by atoms with E-state index in [1.54, 1.807) is 11.9 Å².